The highest BCUT2D eigenvalue weighted by Crippen LogP contribution is 2.37. The third kappa shape index (κ3) is 6.20. The predicted octanol–water partition coefficient (Wildman–Crippen LogP) is 4.77. The van der Waals surface area contributed by atoms with Gasteiger partial charge in [-0.2, -0.15) is 0 Å². The quantitative estimate of drug-likeness (QED) is 0.336. The minimum atomic E-state index is -0.518. The number of imide groups is 1. The molecule has 1 aliphatic heterocycles. The lowest BCUT2D eigenvalue weighted by Crippen LogP contribution is -2.36. The number of hydrogen-bond acceptors (Lipinski definition) is 7. The summed E-state index contributed by atoms with van der Waals surface area (Å²) in [6, 6.07) is 10.4. The molecule has 0 bridgehead atoms. The molecule has 1 fully saturated rings. The molecule has 0 radical (unpaired) electrons. The van der Waals surface area contributed by atoms with Crippen molar-refractivity contribution in [2.45, 2.75) is 13.8 Å². The number of methoxy groups -OCH3 is 1. The Bertz CT molecular complexity index is 1090. The van der Waals surface area contributed by atoms with Gasteiger partial charge in [-0.1, -0.05) is 0 Å². The summed E-state index contributed by atoms with van der Waals surface area (Å²) in [6.45, 7) is 4.37. The van der Waals surface area contributed by atoms with Gasteiger partial charge in [0.05, 0.1) is 28.8 Å². The highest BCUT2D eigenvalue weighted by Gasteiger charge is 2.36. The van der Waals surface area contributed by atoms with Gasteiger partial charge in [0.2, 0.25) is 5.91 Å². The lowest BCUT2D eigenvalue weighted by Gasteiger charge is -2.13. The second kappa shape index (κ2) is 11.4. The molecule has 0 aromatic heterocycles. The zero-order valence-electron chi connectivity index (χ0n) is 18.3. The molecule has 2 aromatic carbocycles. The van der Waals surface area contributed by atoms with Crippen molar-refractivity contribution in [3.63, 3.8) is 0 Å². The van der Waals surface area contributed by atoms with Crippen molar-refractivity contribution in [2.24, 2.45) is 0 Å². The summed E-state index contributed by atoms with van der Waals surface area (Å²) in [5, 5.41) is 2.19. The largest absolute Gasteiger partial charge is 0.494 e. The van der Waals surface area contributed by atoms with Crippen molar-refractivity contribution < 1.29 is 28.6 Å². The van der Waals surface area contributed by atoms with Gasteiger partial charge in [0.25, 0.3) is 11.1 Å². The summed E-state index contributed by atoms with van der Waals surface area (Å²) < 4.78 is 17.2. The van der Waals surface area contributed by atoms with Gasteiger partial charge in [-0.15, -0.1) is 0 Å². The molecule has 1 saturated heterocycles. The van der Waals surface area contributed by atoms with E-state index >= 15 is 0 Å². The van der Waals surface area contributed by atoms with Gasteiger partial charge < -0.3 is 19.5 Å². The van der Waals surface area contributed by atoms with Gasteiger partial charge >= 0.3 is 0 Å². The molecule has 0 saturated carbocycles. The molecule has 1 N–H and O–H groups in total. The van der Waals surface area contributed by atoms with Crippen molar-refractivity contribution in [3.05, 3.63) is 50.4 Å². The molecule has 10 heteroatoms. The summed E-state index contributed by atoms with van der Waals surface area (Å²) in [7, 11) is 1.56. The van der Waals surface area contributed by atoms with Crippen LogP contribution in [0.2, 0.25) is 0 Å². The molecule has 174 valence electrons. The number of hydrogen-bond donors (Lipinski definition) is 1. The maximum absolute atomic E-state index is 12.8. The predicted molar refractivity (Wildman–Crippen MR) is 136 cm³/mol. The fourth-order valence-electron chi connectivity index (χ4n) is 3.07. The molecule has 8 nitrogen and oxygen atoms in total. The summed E-state index contributed by atoms with van der Waals surface area (Å²) in [6.07, 6.45) is 1.61. The number of rotatable bonds is 9. The molecule has 1 heterocycles. The van der Waals surface area contributed by atoms with E-state index in [4.69, 9.17) is 14.2 Å². The van der Waals surface area contributed by atoms with Gasteiger partial charge in [0, 0.05) is 5.69 Å². The molecule has 0 spiro atoms. The number of carbonyl (C=O) groups excluding carboxylic acids is 3. The Balaban J connectivity index is 1.71. The minimum absolute atomic E-state index is 0.234. The van der Waals surface area contributed by atoms with E-state index in [0.29, 0.717) is 41.7 Å². The van der Waals surface area contributed by atoms with Crippen LogP contribution < -0.4 is 19.5 Å². The van der Waals surface area contributed by atoms with Crippen molar-refractivity contribution in [1.82, 2.24) is 4.90 Å². The van der Waals surface area contributed by atoms with E-state index in [1.807, 2.05) is 19.9 Å². The Morgan fingerprint density at radius 2 is 1.82 bits per heavy atom. The molecule has 0 unspecified atom stereocenters. The van der Waals surface area contributed by atoms with E-state index in [9.17, 15) is 14.4 Å². The molecular formula is C23H23IN2O6S. The van der Waals surface area contributed by atoms with Crippen LogP contribution in [0.4, 0.5) is 10.5 Å². The van der Waals surface area contributed by atoms with Crippen LogP contribution >= 0.6 is 34.4 Å². The number of halogens is 1. The first-order chi connectivity index (χ1) is 15.9. The van der Waals surface area contributed by atoms with Crippen LogP contribution in [-0.4, -0.2) is 48.8 Å². The minimum Gasteiger partial charge on any atom is -0.494 e. The number of anilines is 1. The van der Waals surface area contributed by atoms with Gasteiger partial charge in [0.1, 0.15) is 12.3 Å². The average molecular weight is 582 g/mol. The maximum atomic E-state index is 12.8. The van der Waals surface area contributed by atoms with Gasteiger partial charge in [-0.3, -0.25) is 19.3 Å². The second-order valence-corrected chi connectivity index (χ2v) is 8.90. The number of nitrogens with one attached hydrogen (secondary N) is 1. The Morgan fingerprint density at radius 3 is 2.45 bits per heavy atom. The normalized spacial score (nSPS) is 14.5. The molecule has 0 aliphatic carbocycles. The van der Waals surface area contributed by atoms with Crippen molar-refractivity contribution in [2.75, 3.05) is 32.2 Å². The van der Waals surface area contributed by atoms with Crippen molar-refractivity contribution in [3.8, 4) is 17.2 Å². The van der Waals surface area contributed by atoms with Crippen LogP contribution in [0.1, 0.15) is 19.4 Å². The monoisotopic (exact) mass is 582 g/mol. The van der Waals surface area contributed by atoms with Crippen LogP contribution in [0.5, 0.6) is 17.2 Å². The zero-order valence-corrected chi connectivity index (χ0v) is 21.3. The number of benzene rings is 2. The van der Waals surface area contributed by atoms with Crippen LogP contribution in [-0.2, 0) is 9.59 Å². The lowest BCUT2D eigenvalue weighted by molar-refractivity contribution is -0.127. The maximum Gasteiger partial charge on any atom is 0.294 e. The van der Waals surface area contributed by atoms with Crippen molar-refractivity contribution >= 4 is 63.2 Å². The lowest BCUT2D eigenvalue weighted by atomic mass is 10.2. The highest BCUT2D eigenvalue weighted by atomic mass is 127. The number of nitrogens with zero attached hydrogens (tertiary/aromatic N) is 1. The van der Waals surface area contributed by atoms with E-state index in [2.05, 4.69) is 27.9 Å². The fourth-order valence-corrected chi connectivity index (χ4v) is 4.75. The smallest absolute Gasteiger partial charge is 0.294 e. The summed E-state index contributed by atoms with van der Waals surface area (Å²) in [5.41, 5.74) is 1.23. The molecule has 3 rings (SSSR count). The van der Waals surface area contributed by atoms with Crippen LogP contribution in [0.25, 0.3) is 6.08 Å². The molecule has 1 aliphatic rings. The number of thioether (sulfide) groups is 1. The fraction of sp³-hybridized carbons (Fsp3) is 0.261. The van der Waals surface area contributed by atoms with Gasteiger partial charge in [0.15, 0.2) is 11.5 Å². The Labute approximate surface area is 209 Å². The van der Waals surface area contributed by atoms with Crippen LogP contribution in [0.15, 0.2) is 41.3 Å². The molecule has 33 heavy (non-hydrogen) atoms. The standard InChI is InChI=1S/C23H23IN2O6S/c1-4-31-16-8-6-15(7-9-16)25-20(27)13-26-22(28)19(33-23(26)29)12-14-10-17(24)21(30-3)18(11-14)32-5-2/h6-12H,4-5,13H2,1-3H3,(H,25,27)/b19-12+. The Kier molecular flexibility index (Phi) is 8.61. The second-order valence-electron chi connectivity index (χ2n) is 6.74. The van der Waals surface area contributed by atoms with Crippen molar-refractivity contribution in [1.29, 1.82) is 0 Å². The number of carbonyl (C=O) groups is 3. The van der Waals surface area contributed by atoms with Gasteiger partial charge in [-0.05, 0) is 96.2 Å². The average Bonchev–Trinajstić information content (AvgIpc) is 3.03. The van der Waals surface area contributed by atoms with Crippen LogP contribution in [0.3, 0.4) is 0 Å². The first-order valence-electron chi connectivity index (χ1n) is 10.1. The summed E-state index contributed by atoms with van der Waals surface area (Å²) in [4.78, 5) is 38.8. The first-order valence-corrected chi connectivity index (χ1v) is 12.0. The molecular weight excluding hydrogens is 559 g/mol. The number of amides is 3. The molecule has 3 amide bonds. The third-order valence-corrected chi connectivity index (χ3v) is 6.17. The first kappa shape index (κ1) is 24.9. The van der Waals surface area contributed by atoms with E-state index in [-0.39, 0.29) is 11.4 Å². The topological polar surface area (TPSA) is 94.2 Å². The van der Waals surface area contributed by atoms with Gasteiger partial charge in [-0.25, -0.2) is 0 Å². The van der Waals surface area contributed by atoms with E-state index in [1.165, 1.54) is 0 Å². The van der Waals surface area contributed by atoms with E-state index < -0.39 is 17.1 Å². The molecule has 0 atom stereocenters. The van der Waals surface area contributed by atoms with E-state index in [1.54, 1.807) is 43.5 Å². The van der Waals surface area contributed by atoms with E-state index in [0.717, 1.165) is 20.2 Å². The Hall–Kier alpha value is -2.73. The number of ether oxygens (including phenoxy) is 3. The Morgan fingerprint density at radius 1 is 1.12 bits per heavy atom. The van der Waals surface area contributed by atoms with Crippen LogP contribution in [0, 0.1) is 3.57 Å². The summed E-state index contributed by atoms with van der Waals surface area (Å²) in [5.74, 6) is 0.851. The molecule has 2 aromatic rings. The third-order valence-electron chi connectivity index (χ3n) is 4.46. The zero-order chi connectivity index (χ0) is 24.0. The highest BCUT2D eigenvalue weighted by molar-refractivity contribution is 14.1. The SMILES string of the molecule is CCOc1ccc(NC(=O)CN2C(=O)S/C(=C/c3cc(I)c(OC)c(OCC)c3)C2=O)cc1. The summed E-state index contributed by atoms with van der Waals surface area (Å²) >= 11 is 2.91.